The highest BCUT2D eigenvalue weighted by Crippen LogP contribution is 2.44. The van der Waals surface area contributed by atoms with Gasteiger partial charge in [-0.3, -0.25) is 14.9 Å². The van der Waals surface area contributed by atoms with E-state index in [1.165, 1.54) is 13.3 Å². The highest BCUT2D eigenvalue weighted by molar-refractivity contribution is 7.17. The highest BCUT2D eigenvalue weighted by Gasteiger charge is 2.29. The third-order valence-corrected chi connectivity index (χ3v) is 6.35. The zero-order valence-corrected chi connectivity index (χ0v) is 19.2. The second-order valence-electron chi connectivity index (χ2n) is 7.59. The number of nitrogens with zero attached hydrogens (tertiary/aromatic N) is 2. The van der Waals surface area contributed by atoms with Gasteiger partial charge in [0.1, 0.15) is 18.0 Å². The summed E-state index contributed by atoms with van der Waals surface area (Å²) in [6.45, 7) is 0.00696. The Kier molecular flexibility index (Phi) is 7.19. The molecule has 0 unspecified atom stereocenters. The smallest absolute Gasteiger partial charge is 0.413 e. The summed E-state index contributed by atoms with van der Waals surface area (Å²) < 4.78 is 10.4. The highest BCUT2D eigenvalue weighted by atomic mass is 32.1. The first-order valence-corrected chi connectivity index (χ1v) is 11.4. The Balaban J connectivity index is 1.38. The van der Waals surface area contributed by atoms with E-state index in [-0.39, 0.29) is 35.7 Å². The van der Waals surface area contributed by atoms with Crippen molar-refractivity contribution in [3.63, 3.8) is 0 Å². The fourth-order valence-corrected chi connectivity index (χ4v) is 4.70. The van der Waals surface area contributed by atoms with Gasteiger partial charge >= 0.3 is 12.1 Å². The number of methoxy groups -OCH3 is 1. The van der Waals surface area contributed by atoms with Crippen LogP contribution in [-0.4, -0.2) is 66.4 Å². The van der Waals surface area contributed by atoms with Crippen LogP contribution in [0.4, 0.5) is 9.93 Å². The number of aromatic nitrogens is 1. The molecule has 3 aromatic rings. The van der Waals surface area contributed by atoms with Crippen LogP contribution in [0.3, 0.4) is 0 Å². The third-order valence-electron chi connectivity index (χ3n) is 5.45. The number of thiazole rings is 1. The Labute approximate surface area is 199 Å². The van der Waals surface area contributed by atoms with Crippen molar-refractivity contribution in [2.24, 2.45) is 0 Å². The minimum Gasteiger partial charge on any atom is -0.480 e. The molecule has 0 radical (unpaired) electrons. The van der Waals surface area contributed by atoms with Crippen molar-refractivity contribution < 1.29 is 29.0 Å². The average Bonchev–Trinajstić information content (AvgIpc) is 3.42. The summed E-state index contributed by atoms with van der Waals surface area (Å²) in [5.74, 6) is -1.71. The van der Waals surface area contributed by atoms with Crippen LogP contribution < -0.4 is 5.32 Å². The van der Waals surface area contributed by atoms with Gasteiger partial charge in [-0.05, 0) is 22.3 Å². The second-order valence-corrected chi connectivity index (χ2v) is 8.62. The predicted octanol–water partition coefficient (Wildman–Crippen LogP) is 3.68. The molecule has 2 amide bonds. The molecule has 0 atom stereocenters. The molecule has 1 heterocycles. The van der Waals surface area contributed by atoms with Gasteiger partial charge in [-0.1, -0.05) is 59.9 Å². The minimum absolute atomic E-state index is 0.0723. The lowest BCUT2D eigenvalue weighted by Gasteiger charge is -2.19. The molecule has 1 aliphatic carbocycles. The van der Waals surface area contributed by atoms with E-state index in [9.17, 15) is 14.4 Å². The maximum atomic E-state index is 12.7. The van der Waals surface area contributed by atoms with Gasteiger partial charge in [0.15, 0.2) is 5.13 Å². The normalized spacial score (nSPS) is 12.0. The van der Waals surface area contributed by atoms with E-state index >= 15 is 0 Å². The predicted molar refractivity (Wildman–Crippen MR) is 126 cm³/mol. The first-order valence-electron chi connectivity index (χ1n) is 10.6. The standard InChI is InChI=1S/C24H23N3O6S/c1-32-11-10-27(13-21(28)29)22(30)20-12-25-23(34-20)26-24(31)33-14-19-17-8-4-2-6-15(17)16-7-3-5-9-18(16)19/h2-9,12,19H,10-11,13-14H2,1H3,(H,28,29)(H,25,26,31). The Bertz CT molecular complexity index is 1170. The molecule has 4 rings (SSSR count). The van der Waals surface area contributed by atoms with Gasteiger partial charge in [0, 0.05) is 19.6 Å². The molecule has 2 aromatic carbocycles. The van der Waals surface area contributed by atoms with Crippen LogP contribution in [0.5, 0.6) is 0 Å². The lowest BCUT2D eigenvalue weighted by atomic mass is 9.98. The van der Waals surface area contributed by atoms with Gasteiger partial charge in [0.2, 0.25) is 0 Å². The number of amides is 2. The quantitative estimate of drug-likeness (QED) is 0.479. The third kappa shape index (κ3) is 5.08. The SMILES string of the molecule is COCCN(CC(=O)O)C(=O)c1cnc(NC(=O)OCC2c3ccccc3-c3ccccc32)s1. The van der Waals surface area contributed by atoms with Crippen LogP contribution in [0.1, 0.15) is 26.7 Å². The van der Waals surface area contributed by atoms with Gasteiger partial charge in [-0.25, -0.2) is 9.78 Å². The number of anilines is 1. The first-order chi connectivity index (χ1) is 16.5. The molecule has 1 aromatic heterocycles. The molecule has 34 heavy (non-hydrogen) atoms. The van der Waals surface area contributed by atoms with E-state index in [4.69, 9.17) is 14.6 Å². The number of aliphatic carboxylic acids is 1. The summed E-state index contributed by atoms with van der Waals surface area (Å²) in [5, 5.41) is 11.8. The van der Waals surface area contributed by atoms with Crippen molar-refractivity contribution >= 4 is 34.4 Å². The number of nitrogens with one attached hydrogen (secondary N) is 1. The summed E-state index contributed by atoms with van der Waals surface area (Å²) in [6, 6.07) is 16.1. The number of ether oxygens (including phenoxy) is 2. The van der Waals surface area contributed by atoms with E-state index < -0.39 is 24.5 Å². The zero-order valence-electron chi connectivity index (χ0n) is 18.4. The molecule has 2 N–H and O–H groups in total. The fraction of sp³-hybridized carbons (Fsp3) is 0.250. The first kappa shape index (κ1) is 23.4. The number of hydrogen-bond donors (Lipinski definition) is 2. The molecule has 0 spiro atoms. The molecule has 0 aliphatic heterocycles. The number of carbonyl (C=O) groups is 3. The summed E-state index contributed by atoms with van der Waals surface area (Å²) in [6.07, 6.45) is 0.616. The van der Waals surface area contributed by atoms with Crippen molar-refractivity contribution in [3.8, 4) is 11.1 Å². The molecule has 0 saturated heterocycles. The molecule has 1 aliphatic rings. The maximum absolute atomic E-state index is 12.7. The summed E-state index contributed by atoms with van der Waals surface area (Å²) >= 11 is 0.945. The number of fused-ring (bicyclic) bond motifs is 3. The van der Waals surface area contributed by atoms with E-state index in [1.54, 1.807) is 0 Å². The second kappa shape index (κ2) is 10.4. The Morgan fingerprint density at radius 2 is 1.74 bits per heavy atom. The number of carbonyl (C=O) groups excluding carboxylic acids is 2. The van der Waals surface area contributed by atoms with Crippen LogP contribution >= 0.6 is 11.3 Å². The Hall–Kier alpha value is -3.76. The van der Waals surface area contributed by atoms with E-state index in [2.05, 4.69) is 22.4 Å². The Morgan fingerprint density at radius 1 is 1.09 bits per heavy atom. The molecular weight excluding hydrogens is 458 g/mol. The molecule has 9 nitrogen and oxygen atoms in total. The summed E-state index contributed by atoms with van der Waals surface area (Å²) in [4.78, 5) is 41.6. The van der Waals surface area contributed by atoms with Crippen molar-refractivity contribution in [1.29, 1.82) is 0 Å². The van der Waals surface area contributed by atoms with Gasteiger partial charge in [-0.2, -0.15) is 0 Å². The maximum Gasteiger partial charge on any atom is 0.413 e. The van der Waals surface area contributed by atoms with Crippen LogP contribution in [0.2, 0.25) is 0 Å². The van der Waals surface area contributed by atoms with E-state index in [1.807, 2.05) is 36.4 Å². The van der Waals surface area contributed by atoms with E-state index in [0.717, 1.165) is 38.5 Å². The number of rotatable bonds is 9. The van der Waals surface area contributed by atoms with Crippen LogP contribution in [-0.2, 0) is 14.3 Å². The van der Waals surface area contributed by atoms with Crippen molar-refractivity contribution in [2.45, 2.75) is 5.92 Å². The molecular formula is C24H23N3O6S. The lowest BCUT2D eigenvalue weighted by Crippen LogP contribution is -2.37. The van der Waals surface area contributed by atoms with Crippen LogP contribution in [0, 0.1) is 0 Å². The van der Waals surface area contributed by atoms with Crippen LogP contribution in [0.15, 0.2) is 54.7 Å². The lowest BCUT2D eigenvalue weighted by molar-refractivity contribution is -0.137. The molecule has 0 fully saturated rings. The topological polar surface area (TPSA) is 118 Å². The van der Waals surface area contributed by atoms with Crippen molar-refractivity contribution in [3.05, 3.63) is 70.7 Å². The summed E-state index contributed by atoms with van der Waals surface area (Å²) in [5.41, 5.74) is 4.48. The largest absolute Gasteiger partial charge is 0.480 e. The van der Waals surface area contributed by atoms with Crippen molar-refractivity contribution in [1.82, 2.24) is 9.88 Å². The van der Waals surface area contributed by atoms with Gasteiger partial charge in [0.25, 0.3) is 5.91 Å². The fourth-order valence-electron chi connectivity index (χ4n) is 3.93. The number of hydrogen-bond acceptors (Lipinski definition) is 7. The number of carboxylic acids is 1. The van der Waals surface area contributed by atoms with Gasteiger partial charge in [0.05, 0.1) is 12.8 Å². The van der Waals surface area contributed by atoms with Gasteiger partial charge in [-0.15, -0.1) is 0 Å². The number of benzene rings is 2. The Morgan fingerprint density at radius 3 is 2.35 bits per heavy atom. The van der Waals surface area contributed by atoms with Gasteiger partial charge < -0.3 is 19.5 Å². The van der Waals surface area contributed by atoms with E-state index in [0.29, 0.717) is 0 Å². The molecule has 176 valence electrons. The molecule has 0 bridgehead atoms. The monoisotopic (exact) mass is 481 g/mol. The minimum atomic E-state index is -1.13. The van der Waals surface area contributed by atoms with Crippen molar-refractivity contribution in [2.75, 3.05) is 38.7 Å². The number of carboxylic acid groups (broad SMARTS) is 1. The molecule has 0 saturated carbocycles. The summed E-state index contributed by atoms with van der Waals surface area (Å²) in [7, 11) is 1.46. The molecule has 10 heteroatoms. The zero-order chi connectivity index (χ0) is 24.1. The average molecular weight is 482 g/mol. The van der Waals surface area contributed by atoms with Crippen LogP contribution in [0.25, 0.3) is 11.1 Å².